The summed E-state index contributed by atoms with van der Waals surface area (Å²) in [5, 5.41) is 3.39. The molecule has 0 radical (unpaired) electrons. The summed E-state index contributed by atoms with van der Waals surface area (Å²) >= 11 is 0. The van der Waals surface area contributed by atoms with Crippen molar-refractivity contribution >= 4 is 0 Å². The van der Waals surface area contributed by atoms with Gasteiger partial charge in [0.1, 0.15) is 0 Å². The van der Waals surface area contributed by atoms with Crippen molar-refractivity contribution in [1.82, 2.24) is 5.32 Å². The van der Waals surface area contributed by atoms with E-state index in [0.29, 0.717) is 0 Å². The third-order valence-electron chi connectivity index (χ3n) is 3.99. The van der Waals surface area contributed by atoms with Gasteiger partial charge in [0, 0.05) is 5.41 Å². The number of benzene rings is 2. The summed E-state index contributed by atoms with van der Waals surface area (Å²) in [5.41, 5.74) is 8.87. The van der Waals surface area contributed by atoms with E-state index in [1.807, 2.05) is 0 Å². The smallest absolute Gasteiger partial charge is 0.0688 e. The number of nitrogens with two attached hydrogens (primary N) is 1. The Balaban J connectivity index is 2.17. The second kappa shape index (κ2) is 4.56. The molecular weight excluding hydrogens is 220 g/mol. The van der Waals surface area contributed by atoms with Crippen LogP contribution < -0.4 is 11.1 Å². The van der Waals surface area contributed by atoms with Crippen molar-refractivity contribution in [3.05, 3.63) is 71.8 Å². The van der Waals surface area contributed by atoms with E-state index in [0.717, 1.165) is 13.0 Å². The van der Waals surface area contributed by atoms with Crippen molar-refractivity contribution < 1.29 is 0 Å². The van der Waals surface area contributed by atoms with Crippen LogP contribution in [-0.4, -0.2) is 12.7 Å². The van der Waals surface area contributed by atoms with Gasteiger partial charge in [0.05, 0.1) is 6.17 Å². The molecule has 1 fully saturated rings. The van der Waals surface area contributed by atoms with Crippen molar-refractivity contribution in [3.63, 3.8) is 0 Å². The molecule has 2 heteroatoms. The van der Waals surface area contributed by atoms with E-state index in [9.17, 15) is 0 Å². The Hall–Kier alpha value is -1.64. The average molecular weight is 238 g/mol. The zero-order chi connectivity index (χ0) is 12.4. The molecule has 0 bridgehead atoms. The third-order valence-corrected chi connectivity index (χ3v) is 3.99. The van der Waals surface area contributed by atoms with Crippen molar-refractivity contribution in [1.29, 1.82) is 0 Å². The molecule has 92 valence electrons. The van der Waals surface area contributed by atoms with Crippen molar-refractivity contribution in [2.75, 3.05) is 6.54 Å². The lowest BCUT2D eigenvalue weighted by molar-refractivity contribution is 0.446. The molecule has 0 aromatic heterocycles. The van der Waals surface area contributed by atoms with Crippen LogP contribution in [0.1, 0.15) is 17.5 Å². The summed E-state index contributed by atoms with van der Waals surface area (Å²) in [6.07, 6.45) is 1.02. The van der Waals surface area contributed by atoms with Gasteiger partial charge in [-0.1, -0.05) is 60.7 Å². The van der Waals surface area contributed by atoms with Crippen LogP contribution in [0.25, 0.3) is 0 Å². The molecule has 1 unspecified atom stereocenters. The van der Waals surface area contributed by atoms with Crippen LogP contribution in [0, 0.1) is 0 Å². The average Bonchev–Trinajstić information content (AvgIpc) is 2.84. The lowest BCUT2D eigenvalue weighted by Gasteiger charge is -2.34. The largest absolute Gasteiger partial charge is 0.315 e. The van der Waals surface area contributed by atoms with Gasteiger partial charge in [-0.2, -0.15) is 0 Å². The van der Waals surface area contributed by atoms with Gasteiger partial charge in [-0.15, -0.1) is 0 Å². The van der Waals surface area contributed by atoms with E-state index in [4.69, 9.17) is 5.73 Å². The van der Waals surface area contributed by atoms with E-state index in [2.05, 4.69) is 66.0 Å². The molecule has 1 atom stereocenters. The van der Waals surface area contributed by atoms with Crippen molar-refractivity contribution in [2.24, 2.45) is 5.73 Å². The Morgan fingerprint density at radius 2 is 1.39 bits per heavy atom. The SMILES string of the molecule is NC1NCCC1(c1ccccc1)c1ccccc1. The van der Waals surface area contributed by atoms with Gasteiger partial charge in [0.15, 0.2) is 0 Å². The minimum atomic E-state index is -0.0947. The molecule has 3 N–H and O–H groups in total. The van der Waals surface area contributed by atoms with Crippen LogP contribution >= 0.6 is 0 Å². The van der Waals surface area contributed by atoms with Crippen molar-refractivity contribution in [3.8, 4) is 0 Å². The fourth-order valence-electron chi connectivity index (χ4n) is 3.04. The number of rotatable bonds is 2. The maximum atomic E-state index is 6.37. The quantitative estimate of drug-likeness (QED) is 0.842. The number of hydrogen-bond acceptors (Lipinski definition) is 2. The maximum absolute atomic E-state index is 6.37. The highest BCUT2D eigenvalue weighted by molar-refractivity contribution is 5.42. The molecule has 0 amide bonds. The highest BCUT2D eigenvalue weighted by Crippen LogP contribution is 2.39. The zero-order valence-electron chi connectivity index (χ0n) is 10.3. The number of hydrogen-bond donors (Lipinski definition) is 2. The molecule has 0 aliphatic carbocycles. The predicted molar refractivity (Wildman–Crippen MR) is 74.3 cm³/mol. The first-order valence-electron chi connectivity index (χ1n) is 6.44. The second-order valence-corrected chi connectivity index (χ2v) is 4.89. The number of nitrogens with one attached hydrogen (secondary N) is 1. The van der Waals surface area contributed by atoms with Crippen LogP contribution in [0.5, 0.6) is 0 Å². The normalized spacial score (nSPS) is 21.9. The van der Waals surface area contributed by atoms with E-state index in [1.165, 1.54) is 11.1 Å². The molecule has 1 saturated heterocycles. The monoisotopic (exact) mass is 238 g/mol. The standard InChI is InChI=1S/C16H18N2/c17-15-16(11-12-18-15,13-7-3-1-4-8-13)14-9-5-2-6-10-14/h1-10,15,18H,11-12,17H2. The van der Waals surface area contributed by atoms with Crippen LogP contribution in [0.15, 0.2) is 60.7 Å². The summed E-state index contributed by atoms with van der Waals surface area (Å²) in [6.45, 7) is 0.963. The molecule has 2 aromatic carbocycles. The van der Waals surface area contributed by atoms with Gasteiger partial charge in [-0.3, -0.25) is 0 Å². The summed E-state index contributed by atoms with van der Waals surface area (Å²) in [4.78, 5) is 0. The molecule has 1 aliphatic rings. The summed E-state index contributed by atoms with van der Waals surface area (Å²) in [7, 11) is 0. The molecule has 1 aliphatic heterocycles. The Bertz CT molecular complexity index is 468. The Kier molecular flexibility index (Phi) is 2.90. The van der Waals surface area contributed by atoms with E-state index in [1.54, 1.807) is 0 Å². The molecule has 2 nitrogen and oxygen atoms in total. The summed E-state index contributed by atoms with van der Waals surface area (Å²) in [6, 6.07) is 21.2. The predicted octanol–water partition coefficient (Wildman–Crippen LogP) is 2.25. The third kappa shape index (κ3) is 1.65. The molecule has 1 heterocycles. The molecule has 18 heavy (non-hydrogen) atoms. The molecular formula is C16H18N2. The molecule has 0 spiro atoms. The van der Waals surface area contributed by atoms with E-state index in [-0.39, 0.29) is 11.6 Å². The lowest BCUT2D eigenvalue weighted by Crippen LogP contribution is -2.47. The fourth-order valence-corrected chi connectivity index (χ4v) is 3.04. The first-order valence-corrected chi connectivity index (χ1v) is 6.44. The van der Waals surface area contributed by atoms with Crippen LogP contribution in [0.4, 0.5) is 0 Å². The Morgan fingerprint density at radius 3 is 1.78 bits per heavy atom. The van der Waals surface area contributed by atoms with Crippen LogP contribution in [0.2, 0.25) is 0 Å². The lowest BCUT2D eigenvalue weighted by atomic mass is 9.72. The van der Waals surface area contributed by atoms with E-state index < -0.39 is 0 Å². The summed E-state index contributed by atoms with van der Waals surface area (Å²) in [5.74, 6) is 0. The van der Waals surface area contributed by atoms with Gasteiger partial charge in [0.2, 0.25) is 0 Å². The zero-order valence-corrected chi connectivity index (χ0v) is 10.3. The Labute approximate surface area is 108 Å². The van der Waals surface area contributed by atoms with Crippen molar-refractivity contribution in [2.45, 2.75) is 18.0 Å². The summed E-state index contributed by atoms with van der Waals surface area (Å²) < 4.78 is 0. The molecule has 3 rings (SSSR count). The van der Waals surface area contributed by atoms with Gasteiger partial charge >= 0.3 is 0 Å². The van der Waals surface area contributed by atoms with Crippen LogP contribution in [-0.2, 0) is 5.41 Å². The van der Waals surface area contributed by atoms with Crippen LogP contribution in [0.3, 0.4) is 0 Å². The molecule has 0 saturated carbocycles. The maximum Gasteiger partial charge on any atom is 0.0688 e. The second-order valence-electron chi connectivity index (χ2n) is 4.89. The van der Waals surface area contributed by atoms with Gasteiger partial charge < -0.3 is 11.1 Å². The minimum Gasteiger partial charge on any atom is -0.315 e. The highest BCUT2D eigenvalue weighted by Gasteiger charge is 2.43. The van der Waals surface area contributed by atoms with Gasteiger partial charge in [-0.25, -0.2) is 0 Å². The van der Waals surface area contributed by atoms with E-state index >= 15 is 0 Å². The molecule has 2 aromatic rings. The fraction of sp³-hybridized carbons (Fsp3) is 0.250. The first kappa shape index (κ1) is 11.5. The topological polar surface area (TPSA) is 38.0 Å². The van der Waals surface area contributed by atoms with Gasteiger partial charge in [-0.05, 0) is 24.1 Å². The Morgan fingerprint density at radius 1 is 0.889 bits per heavy atom. The first-order chi connectivity index (χ1) is 8.84. The minimum absolute atomic E-state index is 0.0256. The highest BCUT2D eigenvalue weighted by atomic mass is 15.1. The van der Waals surface area contributed by atoms with Gasteiger partial charge in [0.25, 0.3) is 0 Å².